The minimum Gasteiger partial charge on any atom is -0.391 e. The van der Waals surface area contributed by atoms with Gasteiger partial charge in [-0.3, -0.25) is 14.4 Å². The molecule has 1 saturated heterocycles. The van der Waals surface area contributed by atoms with Gasteiger partial charge in [0.1, 0.15) is 6.04 Å². The number of likely N-dealkylation sites (tertiary alicyclic amines) is 1. The summed E-state index contributed by atoms with van der Waals surface area (Å²) in [7, 11) is 0. The Balaban J connectivity index is 1.32. The number of thiazole rings is 1. The van der Waals surface area contributed by atoms with Gasteiger partial charge < -0.3 is 14.9 Å². The number of fused-ring (bicyclic) bond motifs is 1. The van der Waals surface area contributed by atoms with E-state index in [4.69, 9.17) is 0 Å². The van der Waals surface area contributed by atoms with Crippen LogP contribution in [0.1, 0.15) is 79.2 Å². The number of carbonyl (C=O) groups excluding carboxylic acids is 3. The molecule has 3 atom stereocenters. The summed E-state index contributed by atoms with van der Waals surface area (Å²) in [5.74, 6) is -0.334. The fourth-order valence-corrected chi connectivity index (χ4v) is 7.12. The topological polar surface area (TPSA) is 90.8 Å². The van der Waals surface area contributed by atoms with Gasteiger partial charge in [-0.2, -0.15) is 0 Å². The van der Waals surface area contributed by atoms with Crippen molar-refractivity contribution < 1.29 is 19.5 Å². The maximum absolute atomic E-state index is 14.0. The quantitative estimate of drug-likeness (QED) is 0.371. The lowest BCUT2D eigenvalue weighted by molar-refractivity contribution is -0.142. The van der Waals surface area contributed by atoms with Gasteiger partial charge in [-0.05, 0) is 59.6 Å². The molecule has 3 aromatic rings. The Morgan fingerprint density at radius 2 is 1.88 bits per heavy atom. The number of aliphatic hydroxyl groups excluding tert-OH is 1. The molecule has 216 valence electrons. The number of Topliss-reactive ketones (excluding diaryl/α,β-unsaturated/α-hetero) is 1. The summed E-state index contributed by atoms with van der Waals surface area (Å²) < 4.78 is 0. The second kappa shape index (κ2) is 11.9. The molecule has 3 heterocycles. The van der Waals surface area contributed by atoms with Crippen molar-refractivity contribution >= 4 is 28.9 Å². The van der Waals surface area contributed by atoms with Crippen molar-refractivity contribution in [1.29, 1.82) is 0 Å². The Kier molecular flexibility index (Phi) is 8.43. The number of aromatic nitrogens is 1. The van der Waals surface area contributed by atoms with Gasteiger partial charge in [0.15, 0.2) is 5.78 Å². The number of rotatable bonds is 9. The summed E-state index contributed by atoms with van der Waals surface area (Å²) in [6, 6.07) is 12.4. The van der Waals surface area contributed by atoms with Crippen LogP contribution < -0.4 is 0 Å². The van der Waals surface area contributed by atoms with E-state index in [1.807, 2.05) is 44.5 Å². The van der Waals surface area contributed by atoms with Gasteiger partial charge in [0.2, 0.25) is 5.91 Å². The lowest BCUT2D eigenvalue weighted by Crippen LogP contribution is -2.54. The normalized spacial score (nSPS) is 19.4. The Hall–Kier alpha value is -3.36. The molecular formula is C33H39N3O4S. The number of nitrogens with zero attached hydrogens (tertiary/aromatic N) is 3. The molecule has 2 aromatic carbocycles. The van der Waals surface area contributed by atoms with Crippen LogP contribution in [-0.4, -0.2) is 62.2 Å². The zero-order valence-electron chi connectivity index (χ0n) is 24.5. The van der Waals surface area contributed by atoms with Gasteiger partial charge in [0.25, 0.3) is 5.91 Å². The Bertz CT molecular complexity index is 1460. The Labute approximate surface area is 246 Å². The number of aliphatic hydroxyl groups is 1. The molecule has 5 rings (SSSR count). The number of hydrogen-bond donors (Lipinski definition) is 1. The van der Waals surface area contributed by atoms with E-state index in [0.29, 0.717) is 18.5 Å². The average Bonchev–Trinajstić information content (AvgIpc) is 3.64. The molecule has 0 aliphatic carbocycles. The predicted molar refractivity (Wildman–Crippen MR) is 161 cm³/mol. The zero-order chi connectivity index (χ0) is 29.4. The predicted octanol–water partition coefficient (Wildman–Crippen LogP) is 5.39. The van der Waals surface area contributed by atoms with Gasteiger partial charge in [-0.25, -0.2) is 4.98 Å². The molecule has 8 heteroatoms. The molecule has 2 amide bonds. The van der Waals surface area contributed by atoms with Crippen LogP contribution in [0.15, 0.2) is 48.0 Å². The van der Waals surface area contributed by atoms with Crippen molar-refractivity contribution in [3.05, 3.63) is 75.9 Å². The first-order chi connectivity index (χ1) is 19.6. The molecule has 0 radical (unpaired) electrons. The van der Waals surface area contributed by atoms with E-state index >= 15 is 0 Å². The molecule has 1 aromatic heterocycles. The SMILES string of the molecule is Cc1ncsc1-c1ccc(CCC(=O)[C@@H]2C[C@@H](O)CN2C(=O)[C@H](C(C)C)N2Cc3ccccc3C2=O)c(C(C)C)c1. The first-order valence-electron chi connectivity index (χ1n) is 14.5. The third-order valence-corrected chi connectivity index (χ3v) is 9.40. The number of β-amino-alcohol motifs (C(OH)–C–C–N with tert-alkyl or cyclic N) is 1. The standard InChI is InChI=1S/C33H39N3O4S/c1-19(2)27-14-23(31-21(5)34-18-41-31)11-10-22(27)12-13-29(38)28-15-25(37)17-35(28)33(40)30(20(3)4)36-16-24-8-6-7-9-26(24)32(36)39/h6-11,14,18-20,25,28,30,37H,12-13,15-17H2,1-5H3/t25-,28+,30+/m1/s1. The first-order valence-corrected chi connectivity index (χ1v) is 15.4. The molecule has 41 heavy (non-hydrogen) atoms. The molecule has 1 N–H and O–H groups in total. The second-order valence-electron chi connectivity index (χ2n) is 12.0. The number of ketones is 1. The van der Waals surface area contributed by atoms with Gasteiger partial charge >= 0.3 is 0 Å². The van der Waals surface area contributed by atoms with Crippen molar-refractivity contribution in [2.45, 2.75) is 84.5 Å². The lowest BCUT2D eigenvalue weighted by Gasteiger charge is -2.35. The van der Waals surface area contributed by atoms with E-state index < -0.39 is 18.2 Å². The van der Waals surface area contributed by atoms with Crippen molar-refractivity contribution in [2.24, 2.45) is 5.92 Å². The monoisotopic (exact) mass is 573 g/mol. The number of aryl methyl sites for hydroxylation is 2. The third kappa shape index (κ3) is 5.72. The minimum atomic E-state index is -0.764. The molecule has 7 nitrogen and oxygen atoms in total. The number of amides is 2. The highest BCUT2D eigenvalue weighted by molar-refractivity contribution is 7.13. The third-order valence-electron chi connectivity index (χ3n) is 8.42. The molecular weight excluding hydrogens is 534 g/mol. The summed E-state index contributed by atoms with van der Waals surface area (Å²) in [4.78, 5) is 49.6. The lowest BCUT2D eigenvalue weighted by atomic mass is 9.90. The maximum atomic E-state index is 14.0. The van der Waals surface area contributed by atoms with Crippen molar-refractivity contribution in [3.63, 3.8) is 0 Å². The van der Waals surface area contributed by atoms with Crippen LogP contribution in [0.2, 0.25) is 0 Å². The average molecular weight is 574 g/mol. The molecule has 0 unspecified atom stereocenters. The fourth-order valence-electron chi connectivity index (χ4n) is 6.32. The summed E-state index contributed by atoms with van der Waals surface area (Å²) >= 11 is 1.63. The number of carbonyl (C=O) groups is 3. The maximum Gasteiger partial charge on any atom is 0.255 e. The summed E-state index contributed by atoms with van der Waals surface area (Å²) in [6.07, 6.45) is 0.307. The van der Waals surface area contributed by atoms with E-state index in [-0.39, 0.29) is 48.8 Å². The molecule has 0 spiro atoms. The van der Waals surface area contributed by atoms with Crippen LogP contribution in [0, 0.1) is 12.8 Å². The highest BCUT2D eigenvalue weighted by atomic mass is 32.1. The summed E-state index contributed by atoms with van der Waals surface area (Å²) in [6.45, 7) is 10.6. The highest BCUT2D eigenvalue weighted by Crippen LogP contribution is 2.33. The van der Waals surface area contributed by atoms with Crippen molar-refractivity contribution in [3.8, 4) is 10.4 Å². The molecule has 2 aliphatic heterocycles. The van der Waals surface area contributed by atoms with E-state index in [1.165, 1.54) is 10.5 Å². The largest absolute Gasteiger partial charge is 0.391 e. The van der Waals surface area contributed by atoms with Crippen LogP contribution in [0.25, 0.3) is 10.4 Å². The van der Waals surface area contributed by atoms with Crippen LogP contribution in [0.5, 0.6) is 0 Å². The van der Waals surface area contributed by atoms with Gasteiger partial charge in [0.05, 0.1) is 28.2 Å². The highest BCUT2D eigenvalue weighted by Gasteiger charge is 2.45. The van der Waals surface area contributed by atoms with E-state index in [1.54, 1.807) is 22.3 Å². The van der Waals surface area contributed by atoms with Gasteiger partial charge in [-0.15, -0.1) is 11.3 Å². The van der Waals surface area contributed by atoms with Crippen LogP contribution in [-0.2, 0) is 22.6 Å². The van der Waals surface area contributed by atoms with Crippen LogP contribution >= 0.6 is 11.3 Å². The number of benzene rings is 2. The molecule has 0 saturated carbocycles. The van der Waals surface area contributed by atoms with Crippen molar-refractivity contribution in [1.82, 2.24) is 14.8 Å². The summed E-state index contributed by atoms with van der Waals surface area (Å²) in [5, 5.41) is 10.6. The smallest absolute Gasteiger partial charge is 0.255 e. The van der Waals surface area contributed by atoms with E-state index in [9.17, 15) is 19.5 Å². The van der Waals surface area contributed by atoms with Gasteiger partial charge in [-0.1, -0.05) is 58.0 Å². The second-order valence-corrected chi connectivity index (χ2v) is 12.8. The summed E-state index contributed by atoms with van der Waals surface area (Å²) in [5.41, 5.74) is 7.86. The molecule has 1 fully saturated rings. The van der Waals surface area contributed by atoms with E-state index in [2.05, 4.69) is 37.0 Å². The Morgan fingerprint density at radius 3 is 2.54 bits per heavy atom. The number of hydrogen-bond acceptors (Lipinski definition) is 6. The first kappa shape index (κ1) is 29.1. The van der Waals surface area contributed by atoms with Crippen molar-refractivity contribution in [2.75, 3.05) is 6.54 Å². The zero-order valence-corrected chi connectivity index (χ0v) is 25.3. The fraction of sp³-hybridized carbons (Fsp3) is 0.455. The Morgan fingerprint density at radius 1 is 1.12 bits per heavy atom. The minimum absolute atomic E-state index is 0.0504. The molecule has 2 aliphatic rings. The van der Waals surface area contributed by atoms with E-state index in [0.717, 1.165) is 27.3 Å². The molecule has 0 bridgehead atoms. The van der Waals surface area contributed by atoms with Crippen LogP contribution in [0.3, 0.4) is 0 Å². The van der Waals surface area contributed by atoms with Gasteiger partial charge in [0, 0.05) is 31.5 Å². The van der Waals surface area contributed by atoms with Crippen LogP contribution in [0.4, 0.5) is 0 Å².